The standard InChI is InChI=1S/C21H16Cl2N2O4/c1-4-7-29-18-6-5-15(22)9-13(18)8-14(12-24)21(26)25-17-11-19(27-2)16(23)10-20(17)28-3/h1,5-6,8-11H,7H2,2-3H3,(H,25,26)/b14-8+. The molecule has 0 saturated heterocycles. The van der Waals surface area contributed by atoms with Gasteiger partial charge in [-0.2, -0.15) is 5.26 Å². The van der Waals surface area contributed by atoms with E-state index >= 15 is 0 Å². The fraction of sp³-hybridized carbons (Fsp3) is 0.143. The van der Waals surface area contributed by atoms with Gasteiger partial charge in [0.2, 0.25) is 0 Å². The van der Waals surface area contributed by atoms with E-state index in [4.69, 9.17) is 43.8 Å². The number of nitrogens with zero attached hydrogens (tertiary/aromatic N) is 1. The predicted molar refractivity (Wildman–Crippen MR) is 113 cm³/mol. The Kier molecular flexibility index (Phi) is 7.79. The average Bonchev–Trinajstić information content (AvgIpc) is 2.72. The third kappa shape index (κ3) is 5.58. The largest absolute Gasteiger partial charge is 0.495 e. The Morgan fingerprint density at radius 3 is 2.52 bits per heavy atom. The molecule has 2 aromatic carbocycles. The normalized spacial score (nSPS) is 10.5. The lowest BCUT2D eigenvalue weighted by Gasteiger charge is -2.13. The number of ether oxygens (including phenoxy) is 3. The van der Waals surface area contributed by atoms with E-state index in [0.29, 0.717) is 32.9 Å². The van der Waals surface area contributed by atoms with Crippen LogP contribution in [0, 0.1) is 23.7 Å². The molecule has 0 fully saturated rings. The highest BCUT2D eigenvalue weighted by atomic mass is 35.5. The summed E-state index contributed by atoms with van der Waals surface area (Å²) < 4.78 is 15.8. The molecular formula is C21H16Cl2N2O4. The zero-order chi connectivity index (χ0) is 21.4. The first-order valence-electron chi connectivity index (χ1n) is 8.14. The SMILES string of the molecule is C#CCOc1ccc(Cl)cc1/C=C(\C#N)C(=O)Nc1cc(OC)c(Cl)cc1OC. The zero-order valence-electron chi connectivity index (χ0n) is 15.6. The quantitative estimate of drug-likeness (QED) is 0.395. The van der Waals surface area contributed by atoms with E-state index in [1.807, 2.05) is 6.07 Å². The summed E-state index contributed by atoms with van der Waals surface area (Å²) in [5.74, 6) is 2.72. The number of halogens is 2. The van der Waals surface area contributed by atoms with Crippen molar-refractivity contribution < 1.29 is 19.0 Å². The van der Waals surface area contributed by atoms with Crippen LogP contribution in [-0.4, -0.2) is 26.7 Å². The minimum absolute atomic E-state index is 0.0261. The van der Waals surface area contributed by atoms with E-state index in [1.165, 1.54) is 32.4 Å². The van der Waals surface area contributed by atoms with Crippen LogP contribution in [0.1, 0.15) is 5.56 Å². The van der Waals surface area contributed by atoms with Crippen LogP contribution in [0.3, 0.4) is 0 Å². The van der Waals surface area contributed by atoms with Crippen LogP contribution in [0.5, 0.6) is 17.2 Å². The molecule has 1 amide bonds. The van der Waals surface area contributed by atoms with Crippen molar-refractivity contribution in [1.82, 2.24) is 0 Å². The van der Waals surface area contributed by atoms with Crippen LogP contribution in [0.2, 0.25) is 10.0 Å². The van der Waals surface area contributed by atoms with E-state index in [-0.39, 0.29) is 17.9 Å². The van der Waals surface area contributed by atoms with Crippen molar-refractivity contribution in [3.05, 3.63) is 51.5 Å². The number of benzene rings is 2. The molecular weight excluding hydrogens is 415 g/mol. The number of terminal acetylenes is 1. The second kappa shape index (κ2) is 10.3. The lowest BCUT2D eigenvalue weighted by molar-refractivity contribution is -0.112. The highest BCUT2D eigenvalue weighted by Crippen LogP contribution is 2.36. The van der Waals surface area contributed by atoms with E-state index in [2.05, 4.69) is 11.2 Å². The molecule has 0 aliphatic heterocycles. The lowest BCUT2D eigenvalue weighted by Crippen LogP contribution is -2.14. The van der Waals surface area contributed by atoms with Crippen molar-refractivity contribution in [1.29, 1.82) is 5.26 Å². The summed E-state index contributed by atoms with van der Waals surface area (Å²) >= 11 is 12.1. The summed E-state index contributed by atoms with van der Waals surface area (Å²) in [5.41, 5.74) is 0.531. The third-order valence-electron chi connectivity index (χ3n) is 3.67. The summed E-state index contributed by atoms with van der Waals surface area (Å²) in [6.07, 6.45) is 6.57. The monoisotopic (exact) mass is 430 g/mol. The van der Waals surface area contributed by atoms with Crippen molar-refractivity contribution in [3.8, 4) is 35.7 Å². The van der Waals surface area contributed by atoms with E-state index < -0.39 is 5.91 Å². The highest BCUT2D eigenvalue weighted by molar-refractivity contribution is 6.32. The van der Waals surface area contributed by atoms with Gasteiger partial charge in [-0.15, -0.1) is 6.42 Å². The molecule has 0 unspecified atom stereocenters. The minimum Gasteiger partial charge on any atom is -0.495 e. The summed E-state index contributed by atoms with van der Waals surface area (Å²) in [4.78, 5) is 12.7. The first kappa shape index (κ1) is 22.0. The highest BCUT2D eigenvalue weighted by Gasteiger charge is 2.16. The van der Waals surface area contributed by atoms with Gasteiger partial charge in [0.25, 0.3) is 5.91 Å². The second-order valence-corrected chi connectivity index (χ2v) is 6.33. The van der Waals surface area contributed by atoms with Crippen molar-refractivity contribution in [3.63, 3.8) is 0 Å². The number of amides is 1. The van der Waals surface area contributed by atoms with Gasteiger partial charge in [-0.1, -0.05) is 29.1 Å². The molecule has 0 heterocycles. The number of carbonyl (C=O) groups excluding carboxylic acids is 1. The van der Waals surface area contributed by atoms with E-state index in [9.17, 15) is 10.1 Å². The summed E-state index contributed by atoms with van der Waals surface area (Å²) in [6, 6.07) is 9.63. The van der Waals surface area contributed by atoms with Gasteiger partial charge in [0, 0.05) is 22.7 Å². The summed E-state index contributed by atoms with van der Waals surface area (Å²) in [7, 11) is 2.87. The number of hydrogen-bond acceptors (Lipinski definition) is 5. The number of hydrogen-bond donors (Lipinski definition) is 1. The smallest absolute Gasteiger partial charge is 0.266 e. The van der Waals surface area contributed by atoms with Crippen molar-refractivity contribution in [2.75, 3.05) is 26.1 Å². The van der Waals surface area contributed by atoms with Crippen LogP contribution in [0.15, 0.2) is 35.9 Å². The summed E-state index contributed by atoms with van der Waals surface area (Å²) in [5, 5.41) is 12.8. The maximum Gasteiger partial charge on any atom is 0.266 e. The second-order valence-electron chi connectivity index (χ2n) is 5.49. The van der Waals surface area contributed by atoms with Crippen LogP contribution in [0.25, 0.3) is 6.08 Å². The van der Waals surface area contributed by atoms with Gasteiger partial charge in [-0.25, -0.2) is 0 Å². The molecule has 1 N–H and O–H groups in total. The van der Waals surface area contributed by atoms with Gasteiger partial charge in [0.15, 0.2) is 0 Å². The first-order valence-corrected chi connectivity index (χ1v) is 8.89. The molecule has 6 nitrogen and oxygen atoms in total. The molecule has 0 aliphatic carbocycles. The number of anilines is 1. The van der Waals surface area contributed by atoms with Crippen molar-refractivity contribution >= 4 is 40.9 Å². The molecule has 0 spiro atoms. The number of carbonyl (C=O) groups is 1. The van der Waals surface area contributed by atoms with Crippen LogP contribution in [0.4, 0.5) is 5.69 Å². The average molecular weight is 431 g/mol. The van der Waals surface area contributed by atoms with Crippen molar-refractivity contribution in [2.24, 2.45) is 0 Å². The summed E-state index contributed by atoms with van der Waals surface area (Å²) in [6.45, 7) is 0.0261. The number of nitriles is 1. The molecule has 2 aromatic rings. The van der Waals surface area contributed by atoms with Crippen molar-refractivity contribution in [2.45, 2.75) is 0 Å². The third-order valence-corrected chi connectivity index (χ3v) is 4.20. The molecule has 0 aromatic heterocycles. The van der Waals surface area contributed by atoms with Gasteiger partial charge < -0.3 is 19.5 Å². The molecule has 0 radical (unpaired) electrons. The Balaban J connectivity index is 2.39. The molecule has 29 heavy (non-hydrogen) atoms. The molecule has 2 rings (SSSR count). The maximum atomic E-state index is 12.7. The number of methoxy groups -OCH3 is 2. The predicted octanol–water partition coefficient (Wildman–Crippen LogP) is 4.57. The molecule has 0 bridgehead atoms. The van der Waals surface area contributed by atoms with E-state index in [0.717, 1.165) is 0 Å². The Morgan fingerprint density at radius 1 is 1.17 bits per heavy atom. The van der Waals surface area contributed by atoms with Gasteiger partial charge in [-0.05, 0) is 24.3 Å². The molecule has 0 aliphatic rings. The molecule has 0 atom stereocenters. The van der Waals surface area contributed by atoms with Crippen LogP contribution >= 0.6 is 23.2 Å². The van der Waals surface area contributed by atoms with E-state index in [1.54, 1.807) is 18.2 Å². The van der Waals surface area contributed by atoms with Gasteiger partial charge in [0.05, 0.1) is 24.9 Å². The van der Waals surface area contributed by atoms with Gasteiger partial charge >= 0.3 is 0 Å². The fourth-order valence-electron chi connectivity index (χ4n) is 2.33. The topological polar surface area (TPSA) is 80.6 Å². The maximum absolute atomic E-state index is 12.7. The van der Waals surface area contributed by atoms with Gasteiger partial charge in [0.1, 0.15) is 35.5 Å². The Morgan fingerprint density at radius 2 is 1.90 bits per heavy atom. The Labute approximate surface area is 178 Å². The van der Waals surface area contributed by atoms with Gasteiger partial charge in [-0.3, -0.25) is 4.79 Å². The number of nitrogens with one attached hydrogen (secondary N) is 1. The van der Waals surface area contributed by atoms with Crippen LogP contribution < -0.4 is 19.5 Å². The molecule has 148 valence electrons. The Hall–Kier alpha value is -3.32. The van der Waals surface area contributed by atoms with Crippen LogP contribution in [-0.2, 0) is 4.79 Å². The minimum atomic E-state index is -0.668. The lowest BCUT2D eigenvalue weighted by atomic mass is 10.1. The fourth-order valence-corrected chi connectivity index (χ4v) is 2.75. The molecule has 8 heteroatoms. The first-order chi connectivity index (χ1) is 13.9. The number of rotatable bonds is 7. The molecule has 0 saturated carbocycles. The Bertz CT molecular complexity index is 1040. The zero-order valence-corrected chi connectivity index (χ0v) is 17.1.